The summed E-state index contributed by atoms with van der Waals surface area (Å²) in [5.41, 5.74) is 19.2. The van der Waals surface area contributed by atoms with E-state index in [1.165, 1.54) is 4.90 Å². The summed E-state index contributed by atoms with van der Waals surface area (Å²) in [4.78, 5) is 43.9. The highest BCUT2D eigenvalue weighted by Crippen LogP contribution is 2.33. The number of nitrogens with zero attached hydrogens (tertiary/aromatic N) is 2. The molecule has 0 aliphatic heterocycles. The van der Waals surface area contributed by atoms with Crippen molar-refractivity contribution in [3.8, 4) is 0 Å². The molecule has 0 aliphatic rings. The lowest BCUT2D eigenvalue weighted by Crippen LogP contribution is -2.48. The fraction of sp³-hybridized carbons (Fsp3) is 0.267. The van der Waals surface area contributed by atoms with Crippen LogP contribution >= 0.6 is 0 Å². The molecule has 7 N–H and O–H groups in total. The van der Waals surface area contributed by atoms with Crippen molar-refractivity contribution in [2.45, 2.75) is 44.2 Å². The predicted octanol–water partition coefficient (Wildman–Crippen LogP) is 2.94. The lowest BCUT2D eigenvalue weighted by molar-refractivity contribution is -0.153. The van der Waals surface area contributed by atoms with Crippen molar-refractivity contribution in [3.63, 3.8) is 0 Å². The zero-order chi connectivity index (χ0) is 28.4. The van der Waals surface area contributed by atoms with E-state index in [-0.39, 0.29) is 31.3 Å². The first-order valence-electron chi connectivity index (χ1n) is 12.8. The Balaban J connectivity index is 2.07. The Labute approximate surface area is 228 Å². The summed E-state index contributed by atoms with van der Waals surface area (Å²) >= 11 is 0. The van der Waals surface area contributed by atoms with E-state index in [1.54, 1.807) is 31.2 Å². The molecule has 0 fully saturated rings. The van der Waals surface area contributed by atoms with Gasteiger partial charge in [-0.2, -0.15) is 0 Å². The molecular weight excluding hydrogens is 494 g/mol. The van der Waals surface area contributed by atoms with Gasteiger partial charge in [0, 0.05) is 6.54 Å². The van der Waals surface area contributed by atoms with E-state index in [1.807, 2.05) is 60.7 Å². The van der Waals surface area contributed by atoms with Gasteiger partial charge in [0.05, 0.1) is 18.4 Å². The smallest absolute Gasteiger partial charge is 0.326 e. The minimum Gasteiger partial charge on any atom is -0.480 e. The number of carbonyl (C=O) groups is 3. The number of primary amides is 1. The third-order valence-corrected chi connectivity index (χ3v) is 6.58. The van der Waals surface area contributed by atoms with Crippen LogP contribution in [0.4, 0.5) is 0 Å². The van der Waals surface area contributed by atoms with Crippen LogP contribution in [0.2, 0.25) is 0 Å². The molecule has 0 unspecified atom stereocenters. The van der Waals surface area contributed by atoms with Crippen LogP contribution in [-0.4, -0.2) is 46.3 Å². The monoisotopic (exact) mass is 529 g/mol. The summed E-state index contributed by atoms with van der Waals surface area (Å²) in [5.74, 6) is -2.70. The standard InChI is InChI=1S/C30H35N5O4/c1-20(22-16-14-21(15-17-22)19-26(31)36)35(25(29(38)39)13-8-18-34-30(32)33)28(37)27(23-9-4-2-5-10-23)24-11-6-3-7-12-24/h2-7,9-12,14-17,20,25,27H,8,13,18-19H2,1H3,(H2,31,36)(H,38,39)(H4,32,33,34)/t20-,25-/m1/s1. The highest BCUT2D eigenvalue weighted by molar-refractivity contribution is 5.91. The van der Waals surface area contributed by atoms with Crippen molar-refractivity contribution in [2.24, 2.45) is 22.2 Å². The lowest BCUT2D eigenvalue weighted by Gasteiger charge is -2.37. The number of carboxylic acid groups (broad SMARTS) is 1. The van der Waals surface area contributed by atoms with E-state index in [0.29, 0.717) is 6.42 Å². The van der Waals surface area contributed by atoms with E-state index < -0.39 is 29.9 Å². The average Bonchev–Trinajstić information content (AvgIpc) is 2.91. The quantitative estimate of drug-likeness (QED) is 0.151. The second-order valence-corrected chi connectivity index (χ2v) is 9.36. The van der Waals surface area contributed by atoms with Gasteiger partial charge in [-0.15, -0.1) is 0 Å². The van der Waals surface area contributed by atoms with Gasteiger partial charge in [0.15, 0.2) is 5.96 Å². The predicted molar refractivity (Wildman–Crippen MR) is 151 cm³/mol. The Hall–Kier alpha value is -4.66. The molecule has 3 aromatic carbocycles. The number of rotatable bonds is 13. The van der Waals surface area contributed by atoms with Gasteiger partial charge >= 0.3 is 5.97 Å². The maximum Gasteiger partial charge on any atom is 0.326 e. The molecule has 0 aromatic heterocycles. The van der Waals surface area contributed by atoms with Crippen molar-refractivity contribution in [1.29, 1.82) is 0 Å². The molecule has 3 aromatic rings. The van der Waals surface area contributed by atoms with Crippen molar-refractivity contribution < 1.29 is 19.5 Å². The van der Waals surface area contributed by atoms with Gasteiger partial charge in [0.1, 0.15) is 6.04 Å². The molecule has 0 spiro atoms. The number of aliphatic carboxylic acids is 1. The largest absolute Gasteiger partial charge is 0.480 e. The molecule has 2 atom stereocenters. The zero-order valence-electron chi connectivity index (χ0n) is 21.9. The summed E-state index contributed by atoms with van der Waals surface area (Å²) < 4.78 is 0. The van der Waals surface area contributed by atoms with Crippen molar-refractivity contribution >= 4 is 23.7 Å². The van der Waals surface area contributed by atoms with Gasteiger partial charge < -0.3 is 27.2 Å². The molecule has 0 aliphatic carbocycles. The van der Waals surface area contributed by atoms with Crippen LogP contribution in [0.15, 0.2) is 89.9 Å². The van der Waals surface area contributed by atoms with Crippen LogP contribution in [0.1, 0.15) is 54.0 Å². The Morgan fingerprint density at radius 3 is 1.82 bits per heavy atom. The Morgan fingerprint density at radius 1 is 0.821 bits per heavy atom. The normalized spacial score (nSPS) is 12.4. The number of aliphatic imine (C=N–C) groups is 1. The van der Waals surface area contributed by atoms with E-state index in [4.69, 9.17) is 17.2 Å². The Bertz CT molecular complexity index is 1240. The molecule has 2 amide bonds. The number of benzene rings is 3. The maximum absolute atomic E-state index is 14.5. The molecule has 9 heteroatoms. The third-order valence-electron chi connectivity index (χ3n) is 6.58. The molecule has 0 saturated carbocycles. The number of amides is 2. The first-order valence-corrected chi connectivity index (χ1v) is 12.8. The summed E-state index contributed by atoms with van der Waals surface area (Å²) in [6, 6.07) is 24.0. The topological polar surface area (TPSA) is 165 Å². The molecular formula is C30H35N5O4. The van der Waals surface area contributed by atoms with Crippen LogP contribution in [0.25, 0.3) is 0 Å². The fourth-order valence-electron chi connectivity index (χ4n) is 4.68. The number of hydrogen-bond donors (Lipinski definition) is 4. The van der Waals surface area contributed by atoms with E-state index in [2.05, 4.69) is 4.99 Å². The second-order valence-electron chi connectivity index (χ2n) is 9.36. The molecule has 0 radical (unpaired) electrons. The van der Waals surface area contributed by atoms with Crippen LogP contribution in [-0.2, 0) is 20.8 Å². The van der Waals surface area contributed by atoms with Crippen molar-refractivity contribution in [2.75, 3.05) is 6.54 Å². The SMILES string of the molecule is C[C@H](c1ccc(CC(N)=O)cc1)N(C(=O)C(c1ccccc1)c1ccccc1)[C@H](CCCN=C(N)N)C(=O)O. The molecule has 39 heavy (non-hydrogen) atoms. The summed E-state index contributed by atoms with van der Waals surface area (Å²) in [7, 11) is 0. The molecule has 0 saturated heterocycles. The minimum absolute atomic E-state index is 0.0764. The Kier molecular flexibility index (Phi) is 10.2. The highest BCUT2D eigenvalue weighted by Gasteiger charge is 2.38. The van der Waals surface area contributed by atoms with Crippen molar-refractivity contribution in [1.82, 2.24) is 4.90 Å². The van der Waals surface area contributed by atoms with Gasteiger partial charge in [0.2, 0.25) is 11.8 Å². The second kappa shape index (κ2) is 13.8. The first kappa shape index (κ1) is 28.9. The molecule has 0 bridgehead atoms. The molecule has 204 valence electrons. The first-order chi connectivity index (χ1) is 18.7. The summed E-state index contributed by atoms with van der Waals surface area (Å²) in [6.45, 7) is 2.05. The van der Waals surface area contributed by atoms with Crippen molar-refractivity contribution in [3.05, 3.63) is 107 Å². The van der Waals surface area contributed by atoms with Gasteiger partial charge in [-0.1, -0.05) is 84.9 Å². The average molecular weight is 530 g/mol. The highest BCUT2D eigenvalue weighted by atomic mass is 16.4. The van der Waals surface area contributed by atoms with Crippen LogP contribution in [0.5, 0.6) is 0 Å². The van der Waals surface area contributed by atoms with Gasteiger partial charge in [0.25, 0.3) is 0 Å². The summed E-state index contributed by atoms with van der Waals surface area (Å²) in [6.07, 6.45) is 0.604. The molecule has 0 heterocycles. The Morgan fingerprint density at radius 2 is 1.36 bits per heavy atom. The number of carbonyl (C=O) groups excluding carboxylic acids is 2. The lowest BCUT2D eigenvalue weighted by atomic mass is 9.88. The zero-order valence-corrected chi connectivity index (χ0v) is 21.9. The van der Waals surface area contributed by atoms with E-state index in [9.17, 15) is 19.5 Å². The van der Waals surface area contributed by atoms with Gasteiger partial charge in [-0.3, -0.25) is 14.6 Å². The van der Waals surface area contributed by atoms with E-state index >= 15 is 0 Å². The number of nitrogens with two attached hydrogens (primary N) is 3. The molecule has 3 rings (SSSR count). The van der Waals surface area contributed by atoms with Crippen LogP contribution < -0.4 is 17.2 Å². The summed E-state index contributed by atoms with van der Waals surface area (Å²) in [5, 5.41) is 10.3. The minimum atomic E-state index is -1.14. The molecule has 9 nitrogen and oxygen atoms in total. The van der Waals surface area contributed by atoms with Gasteiger partial charge in [-0.05, 0) is 42.0 Å². The third kappa shape index (κ3) is 7.91. The number of carboxylic acids is 1. The van der Waals surface area contributed by atoms with Crippen LogP contribution in [0.3, 0.4) is 0 Å². The maximum atomic E-state index is 14.5. The van der Waals surface area contributed by atoms with E-state index in [0.717, 1.165) is 22.3 Å². The number of hydrogen-bond acceptors (Lipinski definition) is 4. The van der Waals surface area contributed by atoms with Gasteiger partial charge in [-0.25, -0.2) is 4.79 Å². The number of guanidine groups is 1. The van der Waals surface area contributed by atoms with Crippen LogP contribution in [0, 0.1) is 0 Å². The fourth-order valence-corrected chi connectivity index (χ4v) is 4.68.